The average molecular weight is 353 g/mol. The van der Waals surface area contributed by atoms with Crippen LogP contribution >= 0.6 is 11.8 Å². The zero-order valence-electron chi connectivity index (χ0n) is 15.4. The van der Waals surface area contributed by atoms with Gasteiger partial charge in [0.15, 0.2) is 5.17 Å². The molecule has 1 atom stereocenters. The topological polar surface area (TPSA) is 70.8 Å². The Bertz CT molecular complexity index is 590. The summed E-state index contributed by atoms with van der Waals surface area (Å²) in [6, 6.07) is 5.31. The van der Waals surface area contributed by atoms with Crippen LogP contribution in [0.1, 0.15) is 26.3 Å². The molecule has 6 nitrogen and oxygen atoms in total. The molecule has 7 heteroatoms. The van der Waals surface area contributed by atoms with Crippen molar-refractivity contribution in [1.82, 2.24) is 10.2 Å². The van der Waals surface area contributed by atoms with Crippen LogP contribution in [0.4, 0.5) is 11.4 Å². The van der Waals surface area contributed by atoms with Crippen molar-refractivity contribution >= 4 is 28.3 Å². The highest BCUT2D eigenvalue weighted by Gasteiger charge is 2.27. The summed E-state index contributed by atoms with van der Waals surface area (Å²) in [5.74, 6) is 1.62. The molecule has 1 saturated heterocycles. The van der Waals surface area contributed by atoms with Crippen LogP contribution in [-0.4, -0.2) is 47.4 Å². The molecule has 1 aromatic rings. The highest BCUT2D eigenvalue weighted by molar-refractivity contribution is 8.14. The quantitative estimate of drug-likeness (QED) is 0.659. The molecule has 0 spiro atoms. The Morgan fingerprint density at radius 3 is 2.58 bits per heavy atom. The maximum Gasteiger partial charge on any atom is 0.269 e. The Morgan fingerprint density at radius 1 is 1.46 bits per heavy atom. The van der Waals surface area contributed by atoms with Gasteiger partial charge in [0.05, 0.1) is 10.6 Å². The summed E-state index contributed by atoms with van der Waals surface area (Å²) >= 11 is 1.76. The highest BCUT2D eigenvalue weighted by Crippen LogP contribution is 2.30. The summed E-state index contributed by atoms with van der Waals surface area (Å²) in [6.07, 6.45) is 0. The molecule has 0 amide bonds. The first-order chi connectivity index (χ1) is 11.3. The largest absolute Gasteiger partial charge is 0.347 e. The molecule has 1 heterocycles. The predicted molar refractivity (Wildman–Crippen MR) is 103 cm³/mol. The molecule has 0 aromatic heterocycles. The van der Waals surface area contributed by atoms with Crippen molar-refractivity contribution in [3.05, 3.63) is 33.9 Å². The minimum atomic E-state index is -0.374. The van der Waals surface area contributed by atoms with Crippen LogP contribution < -0.4 is 5.32 Å². The molecule has 0 saturated carbocycles. The van der Waals surface area contributed by atoms with Crippen LogP contribution in [0, 0.1) is 23.0 Å². The van der Waals surface area contributed by atoms with E-state index in [4.69, 9.17) is 4.99 Å². The average Bonchev–Trinajstić information content (AvgIpc) is 2.82. The van der Waals surface area contributed by atoms with E-state index in [1.807, 2.05) is 21.0 Å². The number of aliphatic imine (C=N–C) groups is 1. The van der Waals surface area contributed by atoms with Crippen LogP contribution in [0.2, 0.25) is 0 Å². The molecule has 0 aliphatic carbocycles. The van der Waals surface area contributed by atoms with E-state index in [2.05, 4.69) is 31.0 Å². The molecule has 0 radical (unpaired) electrons. The summed E-state index contributed by atoms with van der Waals surface area (Å²) in [7, 11) is 3.75. The van der Waals surface area contributed by atoms with Crippen molar-refractivity contribution in [1.29, 1.82) is 0 Å². The molecule has 1 aromatic carbocycles. The summed E-state index contributed by atoms with van der Waals surface area (Å²) in [5, 5.41) is 14.6. The molecule has 0 bridgehead atoms. The first kappa shape index (κ1) is 20.4. The van der Waals surface area contributed by atoms with Gasteiger partial charge in [0, 0.05) is 30.5 Å². The minimum Gasteiger partial charge on any atom is -0.347 e. The zero-order valence-corrected chi connectivity index (χ0v) is 16.2. The van der Waals surface area contributed by atoms with E-state index in [9.17, 15) is 10.1 Å². The van der Waals surface area contributed by atoms with Crippen LogP contribution in [0.5, 0.6) is 0 Å². The third-order valence-corrected chi connectivity index (χ3v) is 4.63. The SMILES string of the molecule is CNC.Cc1cc([N+](=O)[O-])ccc1N=C1SCC(C)N1CC(C)C. The number of hydrogen-bond donors (Lipinski definition) is 1. The van der Waals surface area contributed by atoms with Gasteiger partial charge >= 0.3 is 0 Å². The fourth-order valence-corrected chi connectivity index (χ4v) is 3.44. The zero-order chi connectivity index (χ0) is 18.3. The van der Waals surface area contributed by atoms with Gasteiger partial charge in [-0.15, -0.1) is 0 Å². The fraction of sp³-hybridized carbons (Fsp3) is 0.588. The first-order valence-corrected chi connectivity index (χ1v) is 9.10. The third kappa shape index (κ3) is 5.79. The van der Waals surface area contributed by atoms with Crippen molar-refractivity contribution in [3.63, 3.8) is 0 Å². The number of nitro benzene ring substituents is 1. The Labute approximate surface area is 148 Å². The Kier molecular flexibility index (Phi) is 8.21. The number of nitrogens with one attached hydrogen (secondary N) is 1. The molecule has 2 rings (SSSR count). The number of benzene rings is 1. The number of thioether (sulfide) groups is 1. The Morgan fingerprint density at radius 2 is 2.08 bits per heavy atom. The highest BCUT2D eigenvalue weighted by atomic mass is 32.2. The van der Waals surface area contributed by atoms with Crippen LogP contribution in [0.3, 0.4) is 0 Å². The summed E-state index contributed by atoms with van der Waals surface area (Å²) in [5.41, 5.74) is 1.76. The molecule has 1 aliphatic heterocycles. The van der Waals surface area contributed by atoms with E-state index in [1.165, 1.54) is 6.07 Å². The smallest absolute Gasteiger partial charge is 0.269 e. The second-order valence-electron chi connectivity index (χ2n) is 6.33. The Balaban J connectivity index is 0.000000891. The summed E-state index contributed by atoms with van der Waals surface area (Å²) < 4.78 is 0. The lowest BCUT2D eigenvalue weighted by atomic mass is 10.2. The second-order valence-corrected chi connectivity index (χ2v) is 7.32. The van der Waals surface area contributed by atoms with Gasteiger partial charge in [-0.05, 0) is 45.5 Å². The van der Waals surface area contributed by atoms with Gasteiger partial charge in [-0.1, -0.05) is 25.6 Å². The summed E-state index contributed by atoms with van der Waals surface area (Å²) in [6.45, 7) is 9.46. The molecule has 1 N–H and O–H groups in total. The fourth-order valence-electron chi connectivity index (χ4n) is 2.29. The number of nitrogens with zero attached hydrogens (tertiary/aromatic N) is 3. The van der Waals surface area contributed by atoms with Gasteiger partial charge in [0.25, 0.3) is 5.69 Å². The van der Waals surface area contributed by atoms with Gasteiger partial charge in [-0.3, -0.25) is 10.1 Å². The molecule has 1 fully saturated rings. The maximum atomic E-state index is 10.8. The van der Waals surface area contributed by atoms with Crippen LogP contribution in [0.25, 0.3) is 0 Å². The second kappa shape index (κ2) is 9.64. The van der Waals surface area contributed by atoms with Gasteiger partial charge in [0.1, 0.15) is 0 Å². The molecular weight excluding hydrogens is 324 g/mol. The van der Waals surface area contributed by atoms with Gasteiger partial charge in [-0.2, -0.15) is 0 Å². The van der Waals surface area contributed by atoms with Gasteiger partial charge in [0.2, 0.25) is 0 Å². The van der Waals surface area contributed by atoms with E-state index in [0.29, 0.717) is 12.0 Å². The summed E-state index contributed by atoms with van der Waals surface area (Å²) in [4.78, 5) is 17.5. The lowest BCUT2D eigenvalue weighted by Gasteiger charge is -2.25. The lowest BCUT2D eigenvalue weighted by molar-refractivity contribution is -0.384. The van der Waals surface area contributed by atoms with E-state index < -0.39 is 0 Å². The minimum absolute atomic E-state index is 0.114. The van der Waals surface area contributed by atoms with Crippen molar-refractivity contribution < 1.29 is 4.92 Å². The van der Waals surface area contributed by atoms with Gasteiger partial charge in [-0.25, -0.2) is 4.99 Å². The van der Waals surface area contributed by atoms with E-state index in [-0.39, 0.29) is 10.6 Å². The Hall–Kier alpha value is -1.60. The van der Waals surface area contributed by atoms with Crippen molar-refractivity contribution in [3.8, 4) is 0 Å². The maximum absolute atomic E-state index is 10.8. The number of aryl methyl sites for hydroxylation is 1. The molecule has 1 aliphatic rings. The first-order valence-electron chi connectivity index (χ1n) is 8.11. The van der Waals surface area contributed by atoms with E-state index >= 15 is 0 Å². The third-order valence-electron chi connectivity index (χ3n) is 3.40. The molecular formula is C17H28N4O2S. The van der Waals surface area contributed by atoms with Crippen molar-refractivity contribution in [2.75, 3.05) is 26.4 Å². The molecule has 1 unspecified atom stereocenters. The van der Waals surface area contributed by atoms with Crippen LogP contribution in [0.15, 0.2) is 23.2 Å². The predicted octanol–water partition coefficient (Wildman–Crippen LogP) is 3.82. The van der Waals surface area contributed by atoms with E-state index in [1.54, 1.807) is 23.9 Å². The number of nitro groups is 1. The lowest BCUT2D eigenvalue weighted by Crippen LogP contribution is -2.34. The van der Waals surface area contributed by atoms with Crippen molar-refractivity contribution in [2.24, 2.45) is 10.9 Å². The number of amidine groups is 1. The normalized spacial score (nSPS) is 18.7. The molecule has 134 valence electrons. The van der Waals surface area contributed by atoms with Gasteiger partial charge < -0.3 is 10.2 Å². The number of hydrogen-bond acceptors (Lipinski definition) is 5. The van der Waals surface area contributed by atoms with Crippen LogP contribution in [-0.2, 0) is 0 Å². The number of non-ortho nitro benzene ring substituents is 1. The molecule has 24 heavy (non-hydrogen) atoms. The standard InChI is InChI=1S/C15H21N3O2S.C2H7N/c1-10(2)8-17-12(4)9-21-15(17)16-14-6-5-13(18(19)20)7-11(14)3;1-3-2/h5-7,10,12H,8-9H2,1-4H3;3H,1-2H3. The van der Waals surface area contributed by atoms with Crippen molar-refractivity contribution in [2.45, 2.75) is 33.7 Å². The monoisotopic (exact) mass is 352 g/mol. The number of rotatable bonds is 4. The van der Waals surface area contributed by atoms with E-state index in [0.717, 1.165) is 28.7 Å².